The Morgan fingerprint density at radius 3 is 2.22 bits per heavy atom. The Morgan fingerprint density at radius 2 is 1.52 bits per heavy atom. The van der Waals surface area contributed by atoms with E-state index < -0.39 is 0 Å². The van der Waals surface area contributed by atoms with E-state index in [2.05, 4.69) is 23.1 Å². The van der Waals surface area contributed by atoms with Gasteiger partial charge in [-0.2, -0.15) is 0 Å². The monoisotopic (exact) mass is 359 g/mol. The molecule has 0 saturated carbocycles. The van der Waals surface area contributed by atoms with Gasteiger partial charge < -0.3 is 9.64 Å². The minimum Gasteiger partial charge on any atom is -0.492 e. The van der Waals surface area contributed by atoms with Crippen LogP contribution in [-0.4, -0.2) is 37.9 Å². The van der Waals surface area contributed by atoms with Gasteiger partial charge in [-0.1, -0.05) is 54.6 Å². The number of benzene rings is 3. The van der Waals surface area contributed by atoms with Gasteiger partial charge in [-0.25, -0.2) is 0 Å². The quantitative estimate of drug-likeness (QED) is 0.545. The molecular formula is C24H25NO2. The maximum absolute atomic E-state index is 12.8. The molecule has 0 saturated heterocycles. The van der Waals surface area contributed by atoms with Crippen molar-refractivity contribution in [1.82, 2.24) is 4.90 Å². The predicted molar refractivity (Wildman–Crippen MR) is 110 cm³/mol. The molecule has 3 aromatic carbocycles. The van der Waals surface area contributed by atoms with Crippen molar-refractivity contribution >= 4 is 5.78 Å². The molecule has 3 rings (SSSR count). The number of hydrogen-bond donors (Lipinski definition) is 0. The Kier molecular flexibility index (Phi) is 6.39. The molecule has 0 aliphatic carbocycles. The Bertz CT molecular complexity index is 870. The Morgan fingerprint density at radius 1 is 0.852 bits per heavy atom. The number of carbonyl (C=O) groups is 1. The molecular weight excluding hydrogens is 334 g/mol. The fourth-order valence-corrected chi connectivity index (χ4v) is 2.93. The van der Waals surface area contributed by atoms with E-state index in [1.165, 1.54) is 0 Å². The molecule has 0 fully saturated rings. The number of Topliss-reactive ketones (excluding diaryl/α,β-unsaturated/α-hetero) is 1. The van der Waals surface area contributed by atoms with Crippen molar-refractivity contribution in [2.75, 3.05) is 27.2 Å². The van der Waals surface area contributed by atoms with Crippen LogP contribution in [-0.2, 0) is 6.42 Å². The second kappa shape index (κ2) is 9.15. The van der Waals surface area contributed by atoms with Crippen LogP contribution in [0, 0.1) is 0 Å². The van der Waals surface area contributed by atoms with Crippen molar-refractivity contribution in [1.29, 1.82) is 0 Å². The summed E-state index contributed by atoms with van der Waals surface area (Å²) in [6.45, 7) is 1.49. The highest BCUT2D eigenvalue weighted by atomic mass is 16.5. The molecule has 0 aliphatic heterocycles. The number of likely N-dealkylation sites (N-methyl/N-ethyl adjacent to an activating group) is 1. The highest BCUT2D eigenvalue weighted by molar-refractivity contribution is 5.98. The molecule has 0 N–H and O–H groups in total. The lowest BCUT2D eigenvalue weighted by Crippen LogP contribution is -2.19. The van der Waals surface area contributed by atoms with E-state index in [4.69, 9.17) is 4.74 Å². The lowest BCUT2D eigenvalue weighted by Gasteiger charge is -2.12. The summed E-state index contributed by atoms with van der Waals surface area (Å²) >= 11 is 0. The minimum atomic E-state index is 0.109. The molecule has 0 amide bonds. The first-order valence-electron chi connectivity index (χ1n) is 9.17. The zero-order valence-electron chi connectivity index (χ0n) is 15.9. The molecule has 3 heteroatoms. The van der Waals surface area contributed by atoms with Crippen molar-refractivity contribution < 1.29 is 9.53 Å². The molecule has 3 nitrogen and oxygen atoms in total. The van der Waals surface area contributed by atoms with E-state index >= 15 is 0 Å². The summed E-state index contributed by atoms with van der Waals surface area (Å²) in [5.74, 6) is 0.899. The molecule has 138 valence electrons. The summed E-state index contributed by atoms with van der Waals surface area (Å²) < 4.78 is 5.69. The van der Waals surface area contributed by atoms with Crippen LogP contribution in [0.4, 0.5) is 0 Å². The highest BCUT2D eigenvalue weighted by Gasteiger charge is 2.11. The van der Waals surface area contributed by atoms with Crippen LogP contribution in [0.15, 0.2) is 78.9 Å². The third-order valence-corrected chi connectivity index (χ3v) is 4.44. The Labute approximate surface area is 161 Å². The van der Waals surface area contributed by atoms with E-state index in [9.17, 15) is 4.79 Å². The van der Waals surface area contributed by atoms with Crippen molar-refractivity contribution in [2.24, 2.45) is 0 Å². The molecule has 0 radical (unpaired) electrons. The normalized spacial score (nSPS) is 10.8. The number of nitrogens with zero attached hydrogens (tertiary/aromatic N) is 1. The summed E-state index contributed by atoms with van der Waals surface area (Å²) in [5.41, 5.74) is 3.98. The zero-order chi connectivity index (χ0) is 19.1. The van der Waals surface area contributed by atoms with Crippen LogP contribution in [0.3, 0.4) is 0 Å². The lowest BCUT2D eigenvalue weighted by molar-refractivity contribution is 0.0993. The maximum atomic E-state index is 12.8. The van der Waals surface area contributed by atoms with Crippen LogP contribution in [0.2, 0.25) is 0 Å². The van der Waals surface area contributed by atoms with Gasteiger partial charge in [-0.15, -0.1) is 0 Å². The SMILES string of the molecule is CN(C)CCOc1ccc(C(=O)Cc2ccccc2-c2ccccc2)cc1. The second-order valence-corrected chi connectivity index (χ2v) is 6.80. The first-order valence-corrected chi connectivity index (χ1v) is 9.17. The third kappa shape index (κ3) is 5.28. The highest BCUT2D eigenvalue weighted by Crippen LogP contribution is 2.25. The molecule has 0 spiro atoms. The Hall–Kier alpha value is -2.91. The van der Waals surface area contributed by atoms with Crippen LogP contribution in [0.1, 0.15) is 15.9 Å². The summed E-state index contributed by atoms with van der Waals surface area (Å²) in [7, 11) is 4.02. The maximum Gasteiger partial charge on any atom is 0.167 e. The van der Waals surface area contributed by atoms with Gasteiger partial charge in [0.05, 0.1) is 0 Å². The molecule has 0 bridgehead atoms. The average Bonchev–Trinajstić information content (AvgIpc) is 2.69. The van der Waals surface area contributed by atoms with Crippen LogP contribution in [0.5, 0.6) is 5.75 Å². The Balaban J connectivity index is 1.69. The van der Waals surface area contributed by atoms with Gasteiger partial charge in [0.1, 0.15) is 12.4 Å². The molecule has 0 aromatic heterocycles. The van der Waals surface area contributed by atoms with Gasteiger partial charge in [-0.05, 0) is 55.1 Å². The third-order valence-electron chi connectivity index (χ3n) is 4.44. The van der Waals surface area contributed by atoms with Crippen LogP contribution >= 0.6 is 0 Å². The van der Waals surface area contributed by atoms with Crippen LogP contribution < -0.4 is 4.74 Å². The van der Waals surface area contributed by atoms with Gasteiger partial charge in [0.2, 0.25) is 0 Å². The van der Waals surface area contributed by atoms with E-state index in [1.54, 1.807) is 0 Å². The van der Waals surface area contributed by atoms with E-state index in [0.717, 1.165) is 29.0 Å². The average molecular weight is 359 g/mol. The predicted octanol–water partition coefficient (Wildman–Crippen LogP) is 4.72. The fourth-order valence-electron chi connectivity index (χ4n) is 2.93. The van der Waals surface area contributed by atoms with Crippen molar-refractivity contribution in [3.8, 4) is 16.9 Å². The molecule has 3 aromatic rings. The summed E-state index contributed by atoms with van der Waals surface area (Å²) in [6.07, 6.45) is 0.381. The number of carbonyl (C=O) groups excluding carboxylic acids is 1. The van der Waals surface area contributed by atoms with Gasteiger partial charge in [0, 0.05) is 18.5 Å². The van der Waals surface area contributed by atoms with E-state index in [1.807, 2.05) is 74.8 Å². The molecule has 27 heavy (non-hydrogen) atoms. The first-order chi connectivity index (χ1) is 13.1. The number of ketones is 1. The summed E-state index contributed by atoms with van der Waals surface area (Å²) in [6, 6.07) is 25.7. The summed E-state index contributed by atoms with van der Waals surface area (Å²) in [5, 5.41) is 0. The van der Waals surface area contributed by atoms with Gasteiger partial charge in [-0.3, -0.25) is 4.79 Å². The van der Waals surface area contributed by atoms with Gasteiger partial charge in [0.15, 0.2) is 5.78 Å². The molecule has 0 aliphatic rings. The molecule has 0 atom stereocenters. The van der Waals surface area contributed by atoms with E-state index in [-0.39, 0.29) is 5.78 Å². The largest absolute Gasteiger partial charge is 0.492 e. The zero-order valence-corrected chi connectivity index (χ0v) is 15.9. The standard InChI is InChI=1S/C24H25NO2/c1-25(2)16-17-27-22-14-12-20(13-15-22)24(26)18-21-10-6-7-11-23(21)19-8-4-3-5-9-19/h3-15H,16-18H2,1-2H3. The minimum absolute atomic E-state index is 0.109. The fraction of sp³-hybridized carbons (Fsp3) is 0.208. The number of hydrogen-bond acceptors (Lipinski definition) is 3. The number of ether oxygens (including phenoxy) is 1. The van der Waals surface area contributed by atoms with Crippen LogP contribution in [0.25, 0.3) is 11.1 Å². The van der Waals surface area contributed by atoms with Crippen molar-refractivity contribution in [3.05, 3.63) is 90.0 Å². The first kappa shape index (κ1) is 18.9. The second-order valence-electron chi connectivity index (χ2n) is 6.80. The topological polar surface area (TPSA) is 29.5 Å². The van der Waals surface area contributed by atoms with Gasteiger partial charge in [0.25, 0.3) is 0 Å². The van der Waals surface area contributed by atoms with E-state index in [0.29, 0.717) is 18.6 Å². The lowest BCUT2D eigenvalue weighted by atomic mass is 9.94. The smallest absolute Gasteiger partial charge is 0.167 e. The molecule has 0 heterocycles. The number of rotatable bonds is 8. The summed E-state index contributed by atoms with van der Waals surface area (Å²) in [4.78, 5) is 14.8. The van der Waals surface area contributed by atoms with Crippen molar-refractivity contribution in [3.63, 3.8) is 0 Å². The molecule has 0 unspecified atom stereocenters. The van der Waals surface area contributed by atoms with Crippen molar-refractivity contribution in [2.45, 2.75) is 6.42 Å². The van der Waals surface area contributed by atoms with Gasteiger partial charge >= 0.3 is 0 Å².